The lowest BCUT2D eigenvalue weighted by atomic mass is 9.81. The number of aliphatic carboxylic acids is 1. The fraction of sp³-hybridized carbons (Fsp3) is 0.700. The molecule has 2 fully saturated rings. The number of amides is 2. The highest BCUT2D eigenvalue weighted by Crippen LogP contribution is 2.37. The Hall–Kier alpha value is -1.39. The lowest BCUT2D eigenvalue weighted by molar-refractivity contribution is -0.149. The molecule has 1 aliphatic heterocycles. The Morgan fingerprint density at radius 3 is 2.07 bits per heavy atom. The van der Waals surface area contributed by atoms with E-state index < -0.39 is 12.5 Å². The van der Waals surface area contributed by atoms with Crippen LogP contribution in [0.4, 0.5) is 0 Å². The normalized spacial score (nSPS) is 30.5. The molecular weight excluding hydrogens is 198 g/mol. The van der Waals surface area contributed by atoms with Crippen LogP contribution in [0.2, 0.25) is 0 Å². The highest BCUT2D eigenvalue weighted by atomic mass is 16.4. The molecule has 15 heavy (non-hydrogen) atoms. The summed E-state index contributed by atoms with van der Waals surface area (Å²) < 4.78 is 0. The Labute approximate surface area is 87.1 Å². The van der Waals surface area contributed by atoms with Gasteiger partial charge in [0.05, 0.1) is 11.8 Å². The minimum atomic E-state index is -1.13. The number of carbonyl (C=O) groups is 3. The van der Waals surface area contributed by atoms with Crippen LogP contribution in [0.25, 0.3) is 0 Å². The van der Waals surface area contributed by atoms with Gasteiger partial charge in [-0.3, -0.25) is 19.3 Å². The van der Waals surface area contributed by atoms with Gasteiger partial charge < -0.3 is 5.11 Å². The number of imide groups is 1. The molecule has 5 heteroatoms. The van der Waals surface area contributed by atoms with Gasteiger partial charge in [0, 0.05) is 0 Å². The third-order valence-electron chi connectivity index (χ3n) is 3.23. The Morgan fingerprint density at radius 2 is 1.67 bits per heavy atom. The Bertz CT molecular complexity index is 301. The molecule has 0 aromatic rings. The van der Waals surface area contributed by atoms with Crippen LogP contribution in [-0.2, 0) is 14.4 Å². The van der Waals surface area contributed by atoms with E-state index in [0.717, 1.165) is 30.6 Å². The minimum Gasteiger partial charge on any atom is -0.480 e. The molecule has 82 valence electrons. The van der Waals surface area contributed by atoms with E-state index in [1.807, 2.05) is 0 Å². The zero-order valence-electron chi connectivity index (χ0n) is 8.31. The lowest BCUT2D eigenvalue weighted by Gasteiger charge is -2.19. The summed E-state index contributed by atoms with van der Waals surface area (Å²) in [5.74, 6) is -2.19. The quantitative estimate of drug-likeness (QED) is 0.664. The van der Waals surface area contributed by atoms with Crippen molar-refractivity contribution in [2.24, 2.45) is 11.8 Å². The van der Waals surface area contributed by atoms with Gasteiger partial charge in [0.2, 0.25) is 11.8 Å². The standard InChI is InChI=1S/C10H13NO4/c12-8(13)5-11-9(14)6-3-1-2-4-7(6)10(11)15/h6-7H,1-5H2,(H,12,13)/t6-,7-/m0/s1. The van der Waals surface area contributed by atoms with Crippen molar-refractivity contribution in [2.75, 3.05) is 6.54 Å². The summed E-state index contributed by atoms with van der Waals surface area (Å²) in [6, 6.07) is 0. The molecule has 0 unspecified atom stereocenters. The molecular formula is C10H13NO4. The molecule has 2 amide bonds. The number of fused-ring (bicyclic) bond motifs is 1. The first-order valence-corrected chi connectivity index (χ1v) is 5.18. The zero-order chi connectivity index (χ0) is 11.0. The second-order valence-electron chi connectivity index (χ2n) is 4.15. The highest BCUT2D eigenvalue weighted by Gasteiger charge is 2.48. The summed E-state index contributed by atoms with van der Waals surface area (Å²) in [7, 11) is 0. The van der Waals surface area contributed by atoms with Gasteiger partial charge in [0.1, 0.15) is 6.54 Å². The smallest absolute Gasteiger partial charge is 0.323 e. The summed E-state index contributed by atoms with van der Waals surface area (Å²) >= 11 is 0. The zero-order valence-corrected chi connectivity index (χ0v) is 8.31. The number of nitrogens with zero attached hydrogens (tertiary/aromatic N) is 1. The van der Waals surface area contributed by atoms with E-state index in [1.54, 1.807) is 0 Å². The van der Waals surface area contributed by atoms with Gasteiger partial charge in [-0.1, -0.05) is 12.8 Å². The summed E-state index contributed by atoms with van der Waals surface area (Å²) in [6.07, 6.45) is 3.37. The van der Waals surface area contributed by atoms with Crippen molar-refractivity contribution in [3.8, 4) is 0 Å². The molecule has 1 heterocycles. The van der Waals surface area contributed by atoms with Gasteiger partial charge in [-0.05, 0) is 12.8 Å². The molecule has 2 aliphatic rings. The minimum absolute atomic E-state index is 0.245. The first-order chi connectivity index (χ1) is 7.11. The van der Waals surface area contributed by atoms with Crippen LogP contribution in [-0.4, -0.2) is 34.3 Å². The number of likely N-dealkylation sites (tertiary alicyclic amines) is 1. The Balaban J connectivity index is 2.17. The molecule has 0 radical (unpaired) electrons. The predicted octanol–water partition coefficient (Wildman–Crippen LogP) is 0.246. The van der Waals surface area contributed by atoms with E-state index in [2.05, 4.69) is 0 Å². The molecule has 1 saturated heterocycles. The van der Waals surface area contributed by atoms with Crippen molar-refractivity contribution in [2.45, 2.75) is 25.7 Å². The second-order valence-corrected chi connectivity index (χ2v) is 4.15. The van der Waals surface area contributed by atoms with E-state index in [1.165, 1.54) is 0 Å². The molecule has 0 spiro atoms. The highest BCUT2D eigenvalue weighted by molar-refractivity contribution is 6.06. The molecule has 5 nitrogen and oxygen atoms in total. The van der Waals surface area contributed by atoms with Gasteiger partial charge in [0.15, 0.2) is 0 Å². The first-order valence-electron chi connectivity index (χ1n) is 5.18. The number of hydrogen-bond acceptors (Lipinski definition) is 3. The monoisotopic (exact) mass is 211 g/mol. The molecule has 2 rings (SSSR count). The number of rotatable bonds is 2. The maximum Gasteiger partial charge on any atom is 0.323 e. The fourth-order valence-corrected chi connectivity index (χ4v) is 2.52. The number of hydrogen-bond donors (Lipinski definition) is 1. The lowest BCUT2D eigenvalue weighted by Crippen LogP contribution is -2.35. The molecule has 0 bridgehead atoms. The summed E-state index contributed by atoms with van der Waals surface area (Å²) in [6.45, 7) is -0.481. The van der Waals surface area contributed by atoms with Crippen LogP contribution in [0.3, 0.4) is 0 Å². The Morgan fingerprint density at radius 1 is 1.20 bits per heavy atom. The average Bonchev–Trinajstić information content (AvgIpc) is 2.44. The van der Waals surface area contributed by atoms with Gasteiger partial charge in [0.25, 0.3) is 0 Å². The van der Waals surface area contributed by atoms with Gasteiger partial charge in [-0.15, -0.1) is 0 Å². The third-order valence-corrected chi connectivity index (χ3v) is 3.23. The molecule has 0 aromatic heterocycles. The van der Waals surface area contributed by atoms with Crippen molar-refractivity contribution < 1.29 is 19.5 Å². The van der Waals surface area contributed by atoms with Gasteiger partial charge >= 0.3 is 5.97 Å². The molecule has 0 aromatic carbocycles. The molecule has 2 atom stereocenters. The van der Waals surface area contributed by atoms with Crippen molar-refractivity contribution in [3.63, 3.8) is 0 Å². The van der Waals surface area contributed by atoms with E-state index in [0.29, 0.717) is 0 Å². The van der Waals surface area contributed by atoms with Crippen LogP contribution in [0, 0.1) is 11.8 Å². The summed E-state index contributed by atoms with van der Waals surface area (Å²) in [4.78, 5) is 34.9. The predicted molar refractivity (Wildman–Crippen MR) is 49.8 cm³/mol. The van der Waals surface area contributed by atoms with Crippen LogP contribution >= 0.6 is 0 Å². The van der Waals surface area contributed by atoms with Gasteiger partial charge in [-0.2, -0.15) is 0 Å². The van der Waals surface area contributed by atoms with Crippen molar-refractivity contribution in [3.05, 3.63) is 0 Å². The molecule has 1 saturated carbocycles. The SMILES string of the molecule is O=C(O)CN1C(=O)[C@H]2CCCC[C@@H]2C1=O. The van der Waals surface area contributed by atoms with E-state index >= 15 is 0 Å². The van der Waals surface area contributed by atoms with Crippen LogP contribution < -0.4 is 0 Å². The maximum absolute atomic E-state index is 11.7. The topological polar surface area (TPSA) is 74.7 Å². The number of carboxylic acids is 1. The van der Waals surface area contributed by atoms with Gasteiger partial charge in [-0.25, -0.2) is 0 Å². The van der Waals surface area contributed by atoms with E-state index in [-0.39, 0.29) is 23.7 Å². The average molecular weight is 211 g/mol. The van der Waals surface area contributed by atoms with Crippen LogP contribution in [0.15, 0.2) is 0 Å². The van der Waals surface area contributed by atoms with Crippen LogP contribution in [0.1, 0.15) is 25.7 Å². The largest absolute Gasteiger partial charge is 0.480 e. The van der Waals surface area contributed by atoms with Crippen molar-refractivity contribution in [1.82, 2.24) is 4.90 Å². The first kappa shape index (κ1) is 10.1. The van der Waals surface area contributed by atoms with Crippen LogP contribution in [0.5, 0.6) is 0 Å². The van der Waals surface area contributed by atoms with Crippen molar-refractivity contribution >= 4 is 17.8 Å². The summed E-state index contributed by atoms with van der Waals surface area (Å²) in [5.41, 5.74) is 0. The number of carboxylic acid groups (broad SMARTS) is 1. The summed E-state index contributed by atoms with van der Waals surface area (Å²) in [5, 5.41) is 8.60. The second kappa shape index (κ2) is 3.64. The maximum atomic E-state index is 11.7. The van der Waals surface area contributed by atoms with E-state index in [4.69, 9.17) is 5.11 Å². The van der Waals surface area contributed by atoms with E-state index in [9.17, 15) is 14.4 Å². The fourth-order valence-electron chi connectivity index (χ4n) is 2.52. The molecule has 1 N–H and O–H groups in total. The number of carbonyl (C=O) groups excluding carboxylic acids is 2. The Kier molecular flexibility index (Phi) is 2.46. The van der Waals surface area contributed by atoms with Crippen molar-refractivity contribution in [1.29, 1.82) is 0 Å². The third kappa shape index (κ3) is 1.62. The molecule has 1 aliphatic carbocycles.